The van der Waals surface area contributed by atoms with Crippen molar-refractivity contribution in [3.63, 3.8) is 0 Å². The quantitative estimate of drug-likeness (QED) is 0.512. The van der Waals surface area contributed by atoms with E-state index in [0.29, 0.717) is 11.6 Å². The zero-order valence-corrected chi connectivity index (χ0v) is 16.1. The molecule has 0 fully saturated rings. The van der Waals surface area contributed by atoms with Gasteiger partial charge in [-0.05, 0) is 11.6 Å². The molecule has 0 unspecified atom stereocenters. The van der Waals surface area contributed by atoms with E-state index in [2.05, 4.69) is 9.38 Å². The number of methoxy groups -OCH3 is 1. The zero-order chi connectivity index (χ0) is 19.3. The number of benzene rings is 1. The standard InChI is InChI=1S/C17H17N3O5S2/c1-24-17(21)15-11-14(16-18-7-10-26-16)19-27(22,23)20(15)8-9-25-12-13-5-3-2-4-6-13/h2-7,10-11H,8-9,12H2,1H3. The maximum absolute atomic E-state index is 12.6. The molecular formula is C17H17N3O5S2. The molecule has 0 amide bonds. The second kappa shape index (κ2) is 8.42. The summed E-state index contributed by atoms with van der Waals surface area (Å²) in [4.78, 5) is 16.2. The van der Waals surface area contributed by atoms with Crippen molar-refractivity contribution in [1.29, 1.82) is 0 Å². The van der Waals surface area contributed by atoms with Gasteiger partial charge < -0.3 is 9.47 Å². The second-order valence-corrected chi connectivity index (χ2v) is 7.84. The summed E-state index contributed by atoms with van der Waals surface area (Å²) in [6, 6.07) is 9.49. The van der Waals surface area contributed by atoms with E-state index in [1.165, 1.54) is 30.7 Å². The van der Waals surface area contributed by atoms with E-state index in [4.69, 9.17) is 9.47 Å². The summed E-state index contributed by atoms with van der Waals surface area (Å²) in [6.45, 7) is 0.356. The molecule has 2 aromatic rings. The molecule has 0 saturated carbocycles. The molecule has 142 valence electrons. The molecule has 0 bridgehead atoms. The summed E-state index contributed by atoms with van der Waals surface area (Å²) in [5.74, 6) is -0.773. The van der Waals surface area contributed by atoms with Gasteiger partial charge in [-0.15, -0.1) is 15.7 Å². The molecule has 0 N–H and O–H groups in total. The minimum atomic E-state index is -4.11. The summed E-state index contributed by atoms with van der Waals surface area (Å²) >= 11 is 1.23. The van der Waals surface area contributed by atoms with Gasteiger partial charge in [0.25, 0.3) is 0 Å². The molecule has 1 aromatic carbocycles. The van der Waals surface area contributed by atoms with Crippen molar-refractivity contribution in [1.82, 2.24) is 9.29 Å². The Morgan fingerprint density at radius 3 is 2.70 bits per heavy atom. The summed E-state index contributed by atoms with van der Waals surface area (Å²) in [6.07, 6.45) is 2.90. The van der Waals surface area contributed by atoms with Crippen LogP contribution in [0.1, 0.15) is 10.6 Å². The number of hydrogen-bond donors (Lipinski definition) is 0. The average molecular weight is 407 g/mol. The van der Waals surface area contributed by atoms with Gasteiger partial charge in [0.05, 0.1) is 26.9 Å². The van der Waals surface area contributed by atoms with Crippen LogP contribution in [-0.4, -0.2) is 49.6 Å². The Kier molecular flexibility index (Phi) is 5.99. The number of ether oxygens (including phenoxy) is 2. The number of allylic oxidation sites excluding steroid dienone is 1. The van der Waals surface area contributed by atoms with Crippen LogP contribution < -0.4 is 0 Å². The minimum Gasteiger partial charge on any atom is -0.464 e. The van der Waals surface area contributed by atoms with E-state index in [-0.39, 0.29) is 24.6 Å². The van der Waals surface area contributed by atoms with Crippen LogP contribution in [0.4, 0.5) is 0 Å². The van der Waals surface area contributed by atoms with Crippen LogP contribution >= 0.6 is 11.3 Å². The third kappa shape index (κ3) is 4.59. The van der Waals surface area contributed by atoms with E-state index in [9.17, 15) is 13.2 Å². The van der Waals surface area contributed by atoms with Crippen molar-refractivity contribution in [2.24, 2.45) is 4.40 Å². The summed E-state index contributed by atoms with van der Waals surface area (Å²) in [5.41, 5.74) is 0.944. The Bertz CT molecular complexity index is 954. The van der Waals surface area contributed by atoms with Crippen LogP contribution in [0.3, 0.4) is 0 Å². The van der Waals surface area contributed by atoms with E-state index in [1.54, 1.807) is 5.38 Å². The van der Waals surface area contributed by atoms with Crippen molar-refractivity contribution < 1.29 is 22.7 Å². The number of aromatic nitrogens is 1. The van der Waals surface area contributed by atoms with E-state index in [1.807, 2.05) is 30.3 Å². The first-order chi connectivity index (χ1) is 13.0. The Balaban J connectivity index is 1.75. The molecule has 1 aromatic heterocycles. The van der Waals surface area contributed by atoms with Crippen molar-refractivity contribution in [3.8, 4) is 0 Å². The Labute approximate surface area is 161 Å². The lowest BCUT2D eigenvalue weighted by atomic mass is 10.2. The molecular weight excluding hydrogens is 390 g/mol. The van der Waals surface area contributed by atoms with Crippen LogP contribution in [0.2, 0.25) is 0 Å². The highest BCUT2D eigenvalue weighted by Gasteiger charge is 2.34. The number of thiazole rings is 1. The topological polar surface area (TPSA) is 98.2 Å². The highest BCUT2D eigenvalue weighted by Crippen LogP contribution is 2.22. The van der Waals surface area contributed by atoms with Crippen LogP contribution in [0.5, 0.6) is 0 Å². The molecule has 1 aliphatic heterocycles. The molecule has 0 radical (unpaired) electrons. The molecule has 27 heavy (non-hydrogen) atoms. The van der Waals surface area contributed by atoms with Crippen LogP contribution in [0.15, 0.2) is 58.1 Å². The fraction of sp³-hybridized carbons (Fsp3) is 0.235. The van der Waals surface area contributed by atoms with Gasteiger partial charge in [0.2, 0.25) is 0 Å². The summed E-state index contributed by atoms with van der Waals surface area (Å²) in [7, 11) is -2.92. The Hall–Kier alpha value is -2.56. The van der Waals surface area contributed by atoms with Gasteiger partial charge in [0.1, 0.15) is 16.4 Å². The third-order valence-electron chi connectivity index (χ3n) is 3.63. The van der Waals surface area contributed by atoms with Gasteiger partial charge in [-0.1, -0.05) is 30.3 Å². The van der Waals surface area contributed by atoms with Gasteiger partial charge >= 0.3 is 16.2 Å². The average Bonchev–Trinajstić information content (AvgIpc) is 3.20. The minimum absolute atomic E-state index is 0.0647. The predicted octanol–water partition coefficient (Wildman–Crippen LogP) is 1.77. The molecule has 0 atom stereocenters. The molecule has 1 aliphatic rings. The van der Waals surface area contributed by atoms with Crippen molar-refractivity contribution in [2.45, 2.75) is 6.61 Å². The number of hydrogen-bond acceptors (Lipinski definition) is 7. The van der Waals surface area contributed by atoms with Crippen LogP contribution in [0, 0.1) is 0 Å². The molecule has 8 nitrogen and oxygen atoms in total. The fourth-order valence-electron chi connectivity index (χ4n) is 2.39. The van der Waals surface area contributed by atoms with Crippen molar-refractivity contribution in [2.75, 3.05) is 20.3 Å². The third-order valence-corrected chi connectivity index (χ3v) is 5.79. The lowest BCUT2D eigenvalue weighted by Crippen LogP contribution is -2.38. The summed E-state index contributed by atoms with van der Waals surface area (Å²) < 4.78 is 40.1. The molecule has 0 aliphatic carbocycles. The SMILES string of the molecule is COC(=O)C1=CC(c2nccs2)=NS(=O)(=O)N1CCOCc1ccccc1. The predicted molar refractivity (Wildman–Crippen MR) is 100 cm³/mol. The van der Waals surface area contributed by atoms with Crippen molar-refractivity contribution in [3.05, 3.63) is 64.3 Å². The first-order valence-corrected chi connectivity index (χ1v) is 10.2. The maximum Gasteiger partial charge on any atom is 0.355 e. The number of carbonyl (C=O) groups excluding carboxylic acids is 1. The fourth-order valence-corrected chi connectivity index (χ4v) is 4.21. The number of rotatable bonds is 7. The number of esters is 1. The zero-order valence-electron chi connectivity index (χ0n) is 14.4. The Morgan fingerprint density at radius 2 is 2.04 bits per heavy atom. The number of nitrogens with zero attached hydrogens (tertiary/aromatic N) is 3. The lowest BCUT2D eigenvalue weighted by Gasteiger charge is -2.26. The van der Waals surface area contributed by atoms with Crippen LogP contribution in [0.25, 0.3) is 0 Å². The molecule has 0 spiro atoms. The van der Waals surface area contributed by atoms with Gasteiger partial charge in [0.15, 0.2) is 0 Å². The second-order valence-electron chi connectivity index (χ2n) is 5.42. The van der Waals surface area contributed by atoms with Crippen LogP contribution in [-0.2, 0) is 31.1 Å². The van der Waals surface area contributed by atoms with Gasteiger partial charge in [-0.2, -0.15) is 8.42 Å². The first kappa shape index (κ1) is 19.2. The monoisotopic (exact) mass is 407 g/mol. The lowest BCUT2D eigenvalue weighted by molar-refractivity contribution is -0.137. The molecule has 3 rings (SSSR count). The maximum atomic E-state index is 12.6. The normalized spacial score (nSPS) is 15.8. The highest BCUT2D eigenvalue weighted by molar-refractivity contribution is 7.88. The Morgan fingerprint density at radius 1 is 1.26 bits per heavy atom. The van der Waals surface area contributed by atoms with Crippen molar-refractivity contribution >= 4 is 33.2 Å². The van der Waals surface area contributed by atoms with Gasteiger partial charge in [-0.25, -0.2) is 14.1 Å². The highest BCUT2D eigenvalue weighted by atomic mass is 32.2. The van der Waals surface area contributed by atoms with E-state index in [0.717, 1.165) is 9.87 Å². The van der Waals surface area contributed by atoms with E-state index >= 15 is 0 Å². The number of carbonyl (C=O) groups is 1. The summed E-state index contributed by atoms with van der Waals surface area (Å²) in [5, 5.41) is 2.10. The molecule has 10 heteroatoms. The van der Waals surface area contributed by atoms with E-state index < -0.39 is 16.2 Å². The van der Waals surface area contributed by atoms with Gasteiger partial charge in [-0.3, -0.25) is 0 Å². The molecule has 0 saturated heterocycles. The van der Waals surface area contributed by atoms with Gasteiger partial charge in [0, 0.05) is 11.6 Å². The molecule has 2 heterocycles. The largest absolute Gasteiger partial charge is 0.464 e. The first-order valence-electron chi connectivity index (χ1n) is 7.95. The smallest absolute Gasteiger partial charge is 0.355 e.